The van der Waals surface area contributed by atoms with Crippen LogP contribution in [0.25, 0.3) is 0 Å². The largest absolute Gasteiger partial charge is 0.357 e. The van der Waals surface area contributed by atoms with Crippen molar-refractivity contribution in [3.63, 3.8) is 0 Å². The molecule has 5 heteroatoms. The molecule has 1 heterocycles. The van der Waals surface area contributed by atoms with E-state index in [9.17, 15) is 0 Å². The fourth-order valence-electron chi connectivity index (χ4n) is 2.52. The summed E-state index contributed by atoms with van der Waals surface area (Å²) in [4.78, 5) is 7.32. The lowest BCUT2D eigenvalue weighted by Crippen LogP contribution is -2.42. The summed E-state index contributed by atoms with van der Waals surface area (Å²) in [6.45, 7) is 14.2. The number of hydrogen-bond donors (Lipinski definition) is 2. The van der Waals surface area contributed by atoms with E-state index >= 15 is 0 Å². The summed E-state index contributed by atoms with van der Waals surface area (Å²) >= 11 is 0. The lowest BCUT2D eigenvalue weighted by atomic mass is 9.97. The van der Waals surface area contributed by atoms with E-state index in [-0.39, 0.29) is 24.0 Å². The lowest BCUT2D eigenvalue weighted by molar-refractivity contribution is 0.143. The molecule has 1 fully saturated rings. The zero-order valence-electron chi connectivity index (χ0n) is 13.6. The first-order valence-electron chi connectivity index (χ1n) is 7.93. The summed E-state index contributed by atoms with van der Waals surface area (Å²) in [5.74, 6) is 1.69. The molecule has 0 aromatic heterocycles. The smallest absolute Gasteiger partial charge is 0.191 e. The van der Waals surface area contributed by atoms with Gasteiger partial charge in [-0.25, -0.2) is 0 Å². The molecule has 0 aliphatic carbocycles. The van der Waals surface area contributed by atoms with Gasteiger partial charge in [0.15, 0.2) is 5.96 Å². The van der Waals surface area contributed by atoms with Crippen molar-refractivity contribution in [3.8, 4) is 0 Å². The van der Waals surface area contributed by atoms with Crippen LogP contribution in [0.2, 0.25) is 0 Å². The van der Waals surface area contributed by atoms with E-state index in [1.165, 1.54) is 25.9 Å². The van der Waals surface area contributed by atoms with E-state index in [1.807, 2.05) is 0 Å². The van der Waals surface area contributed by atoms with Crippen molar-refractivity contribution in [3.05, 3.63) is 0 Å². The van der Waals surface area contributed by atoms with Crippen molar-refractivity contribution in [2.24, 2.45) is 10.9 Å². The van der Waals surface area contributed by atoms with Gasteiger partial charge in [-0.3, -0.25) is 4.99 Å². The van der Waals surface area contributed by atoms with Gasteiger partial charge in [-0.2, -0.15) is 0 Å². The first-order chi connectivity index (χ1) is 9.17. The minimum Gasteiger partial charge on any atom is -0.357 e. The van der Waals surface area contributed by atoms with Crippen LogP contribution < -0.4 is 10.6 Å². The van der Waals surface area contributed by atoms with E-state index in [0.717, 1.165) is 32.0 Å². The van der Waals surface area contributed by atoms with Gasteiger partial charge >= 0.3 is 0 Å². The Morgan fingerprint density at radius 2 is 2.05 bits per heavy atom. The van der Waals surface area contributed by atoms with Crippen molar-refractivity contribution in [1.82, 2.24) is 15.5 Å². The lowest BCUT2D eigenvalue weighted by Gasteiger charge is -2.34. The Morgan fingerprint density at radius 3 is 2.65 bits per heavy atom. The number of nitrogens with one attached hydrogen (secondary N) is 2. The van der Waals surface area contributed by atoms with Crippen LogP contribution in [0.3, 0.4) is 0 Å². The zero-order valence-corrected chi connectivity index (χ0v) is 15.9. The number of guanidine groups is 1. The average Bonchev–Trinajstić information content (AvgIpc) is 2.42. The molecule has 1 unspecified atom stereocenters. The Hall–Kier alpha value is -0.0400. The Labute approximate surface area is 142 Å². The molecule has 20 heavy (non-hydrogen) atoms. The van der Waals surface area contributed by atoms with E-state index in [1.54, 1.807) is 0 Å². The molecule has 0 bridgehead atoms. The summed E-state index contributed by atoms with van der Waals surface area (Å²) in [6, 6.07) is 0.665. The molecule has 0 aromatic rings. The summed E-state index contributed by atoms with van der Waals surface area (Å²) < 4.78 is 0. The van der Waals surface area contributed by atoms with Crippen LogP contribution in [0.5, 0.6) is 0 Å². The highest BCUT2D eigenvalue weighted by molar-refractivity contribution is 14.0. The minimum atomic E-state index is 0. The normalized spacial score (nSPS) is 20.6. The average molecular weight is 396 g/mol. The maximum absolute atomic E-state index is 4.74. The summed E-state index contributed by atoms with van der Waals surface area (Å²) in [5, 5.41) is 6.69. The quantitative estimate of drug-likeness (QED) is 0.412. The Morgan fingerprint density at radius 1 is 1.30 bits per heavy atom. The molecule has 1 rings (SSSR count). The van der Waals surface area contributed by atoms with Crippen LogP contribution in [0.4, 0.5) is 0 Å². The molecule has 1 saturated heterocycles. The fourth-order valence-corrected chi connectivity index (χ4v) is 2.52. The highest BCUT2D eigenvalue weighted by Crippen LogP contribution is 2.18. The predicted octanol–water partition coefficient (Wildman–Crippen LogP) is 2.69. The number of nitrogens with zero attached hydrogens (tertiary/aromatic N) is 2. The SMILES string of the molecule is CCCNC(=NCC1CCCN(C(C)C)C1)NCC.I. The maximum Gasteiger partial charge on any atom is 0.191 e. The molecule has 0 saturated carbocycles. The number of rotatable bonds is 6. The molecule has 0 spiro atoms. The van der Waals surface area contributed by atoms with Crippen LogP contribution in [0, 0.1) is 5.92 Å². The Balaban J connectivity index is 0.00000361. The standard InChI is InChI=1S/C15H32N4.HI/c1-5-9-17-15(16-6-2)18-11-14-8-7-10-19(12-14)13(3)4;/h13-14H,5-12H2,1-4H3,(H2,16,17,18);1H. The van der Waals surface area contributed by atoms with Crippen LogP contribution in [0.1, 0.15) is 47.0 Å². The molecule has 4 nitrogen and oxygen atoms in total. The van der Waals surface area contributed by atoms with Gasteiger partial charge in [-0.1, -0.05) is 6.92 Å². The number of aliphatic imine (C=N–C) groups is 1. The van der Waals surface area contributed by atoms with Crippen molar-refractivity contribution in [1.29, 1.82) is 0 Å². The van der Waals surface area contributed by atoms with Crippen LogP contribution in [-0.4, -0.2) is 49.6 Å². The molecule has 1 aliphatic rings. The third kappa shape index (κ3) is 7.67. The van der Waals surface area contributed by atoms with Gasteiger partial charge in [-0.05, 0) is 52.5 Å². The molecule has 1 aliphatic heterocycles. The third-order valence-corrected chi connectivity index (χ3v) is 3.67. The molecular formula is C15H33IN4. The van der Waals surface area contributed by atoms with Gasteiger partial charge in [0, 0.05) is 32.2 Å². The molecule has 0 amide bonds. The van der Waals surface area contributed by atoms with Crippen LogP contribution in [-0.2, 0) is 0 Å². The number of halogens is 1. The van der Waals surface area contributed by atoms with Gasteiger partial charge in [-0.15, -0.1) is 24.0 Å². The maximum atomic E-state index is 4.74. The van der Waals surface area contributed by atoms with Gasteiger partial charge in [0.1, 0.15) is 0 Å². The first-order valence-corrected chi connectivity index (χ1v) is 7.93. The molecular weight excluding hydrogens is 363 g/mol. The second kappa shape index (κ2) is 11.6. The van der Waals surface area contributed by atoms with Gasteiger partial charge < -0.3 is 15.5 Å². The Kier molecular flexibility index (Phi) is 11.6. The molecule has 120 valence electrons. The predicted molar refractivity (Wildman–Crippen MR) is 99.1 cm³/mol. The number of likely N-dealkylation sites (tertiary alicyclic amines) is 1. The third-order valence-electron chi connectivity index (χ3n) is 3.67. The van der Waals surface area contributed by atoms with Gasteiger partial charge in [0.05, 0.1) is 0 Å². The second-order valence-electron chi connectivity index (χ2n) is 5.74. The minimum absolute atomic E-state index is 0. The monoisotopic (exact) mass is 396 g/mol. The molecule has 0 radical (unpaired) electrons. The molecule has 1 atom stereocenters. The highest BCUT2D eigenvalue weighted by atomic mass is 127. The van der Waals surface area contributed by atoms with E-state index in [2.05, 4.69) is 43.2 Å². The second-order valence-corrected chi connectivity index (χ2v) is 5.74. The van der Waals surface area contributed by atoms with Crippen LogP contribution in [0.15, 0.2) is 4.99 Å². The summed E-state index contributed by atoms with van der Waals surface area (Å²) in [5.41, 5.74) is 0. The van der Waals surface area contributed by atoms with Crippen molar-refractivity contribution in [2.75, 3.05) is 32.7 Å². The summed E-state index contributed by atoms with van der Waals surface area (Å²) in [7, 11) is 0. The van der Waals surface area contributed by atoms with Gasteiger partial charge in [0.25, 0.3) is 0 Å². The highest BCUT2D eigenvalue weighted by Gasteiger charge is 2.21. The Bertz CT molecular complexity index is 269. The number of hydrogen-bond acceptors (Lipinski definition) is 2. The van der Waals surface area contributed by atoms with E-state index < -0.39 is 0 Å². The van der Waals surface area contributed by atoms with Crippen molar-refractivity contribution >= 4 is 29.9 Å². The molecule has 2 N–H and O–H groups in total. The van der Waals surface area contributed by atoms with E-state index in [4.69, 9.17) is 4.99 Å². The van der Waals surface area contributed by atoms with Crippen LogP contribution >= 0.6 is 24.0 Å². The topological polar surface area (TPSA) is 39.7 Å². The zero-order chi connectivity index (χ0) is 14.1. The summed E-state index contributed by atoms with van der Waals surface area (Å²) in [6.07, 6.45) is 3.77. The van der Waals surface area contributed by atoms with Crippen molar-refractivity contribution < 1.29 is 0 Å². The molecule has 0 aromatic carbocycles. The van der Waals surface area contributed by atoms with Gasteiger partial charge in [0.2, 0.25) is 0 Å². The first kappa shape index (κ1) is 20.0. The van der Waals surface area contributed by atoms with E-state index in [0.29, 0.717) is 12.0 Å². The number of piperidine rings is 1. The van der Waals surface area contributed by atoms with Crippen molar-refractivity contribution in [2.45, 2.75) is 53.0 Å². The fraction of sp³-hybridized carbons (Fsp3) is 0.933.